The molecule has 0 aromatic heterocycles. The van der Waals surface area contributed by atoms with Crippen molar-refractivity contribution in [2.75, 3.05) is 41.3 Å². The van der Waals surface area contributed by atoms with Crippen LogP contribution in [-0.4, -0.2) is 61.8 Å². The molecule has 4 rings (SSSR count). The van der Waals surface area contributed by atoms with Crippen LogP contribution >= 0.6 is 0 Å². The Morgan fingerprint density at radius 1 is 0.792 bits per heavy atom. The maximum atomic E-state index is 12.0. The van der Waals surface area contributed by atoms with Gasteiger partial charge >= 0.3 is 0 Å². The van der Waals surface area contributed by atoms with Crippen molar-refractivity contribution in [2.45, 2.75) is 69.8 Å². The summed E-state index contributed by atoms with van der Waals surface area (Å²) < 4.78 is 0. The van der Waals surface area contributed by atoms with Gasteiger partial charge in [0.05, 0.1) is 5.60 Å². The van der Waals surface area contributed by atoms with Crippen molar-refractivity contribution < 1.29 is 5.11 Å². The Balaban J connectivity index is 1.72. The smallest absolute Gasteiger partial charge is 0.0705 e. The number of nitrogens with zero attached hydrogens (tertiary/aromatic N) is 2. The van der Waals surface area contributed by atoms with Gasteiger partial charge < -0.3 is 14.9 Å². The quantitative estimate of drug-likeness (QED) is 0.697. The molecule has 24 heavy (non-hydrogen) atoms. The van der Waals surface area contributed by atoms with E-state index in [1.54, 1.807) is 0 Å². The number of hydrogen-bond acceptors (Lipinski definition) is 3. The molecule has 0 spiro atoms. The molecule has 4 saturated carbocycles. The molecule has 1 N–H and O–H groups in total. The molecule has 0 unspecified atom stereocenters. The molecule has 0 aromatic rings. The zero-order chi connectivity index (χ0) is 17.4. The Bertz CT molecular complexity index is 369. The first-order valence-electron chi connectivity index (χ1n) is 10.3. The van der Waals surface area contributed by atoms with Gasteiger partial charge in [0.15, 0.2) is 0 Å². The van der Waals surface area contributed by atoms with Gasteiger partial charge in [0.2, 0.25) is 0 Å². The van der Waals surface area contributed by atoms with Gasteiger partial charge in [-0.05, 0) is 129 Å². The SMILES string of the molecule is CN(C)CCCC(O)(CCCN(C)C)C12CC3CC(CC(C3)C1)C2. The number of aliphatic hydroxyl groups is 1. The molecule has 0 radical (unpaired) electrons. The highest BCUT2D eigenvalue weighted by molar-refractivity contribution is 5.10. The minimum atomic E-state index is -0.422. The molecule has 0 aromatic carbocycles. The van der Waals surface area contributed by atoms with Gasteiger partial charge in [-0.1, -0.05) is 0 Å². The molecule has 3 nitrogen and oxygen atoms in total. The molecule has 140 valence electrons. The second-order valence-corrected chi connectivity index (χ2v) is 10.0. The fourth-order valence-corrected chi connectivity index (χ4v) is 6.71. The van der Waals surface area contributed by atoms with Crippen molar-refractivity contribution in [3.8, 4) is 0 Å². The molecule has 3 heteroatoms. The lowest BCUT2D eigenvalue weighted by molar-refractivity contribution is -0.186. The minimum absolute atomic E-state index is 0.250. The van der Waals surface area contributed by atoms with Crippen LogP contribution in [0, 0.1) is 23.2 Å². The third-order valence-corrected chi connectivity index (χ3v) is 7.42. The number of hydrogen-bond donors (Lipinski definition) is 1. The highest BCUT2D eigenvalue weighted by Gasteiger charge is 2.59. The zero-order valence-electron chi connectivity index (χ0n) is 16.6. The Kier molecular flexibility index (Phi) is 5.64. The summed E-state index contributed by atoms with van der Waals surface area (Å²) in [4.78, 5) is 4.53. The Hall–Kier alpha value is -0.120. The van der Waals surface area contributed by atoms with Gasteiger partial charge in [-0.15, -0.1) is 0 Å². The predicted octanol–water partition coefficient (Wildman–Crippen LogP) is 3.62. The maximum absolute atomic E-state index is 12.0. The molecule has 4 aliphatic rings. The van der Waals surface area contributed by atoms with Crippen molar-refractivity contribution in [2.24, 2.45) is 23.2 Å². The van der Waals surface area contributed by atoms with Crippen LogP contribution in [0.1, 0.15) is 64.2 Å². The van der Waals surface area contributed by atoms with Crippen LogP contribution in [0.25, 0.3) is 0 Å². The van der Waals surface area contributed by atoms with Crippen LogP contribution in [0.15, 0.2) is 0 Å². The van der Waals surface area contributed by atoms with Crippen LogP contribution in [0.5, 0.6) is 0 Å². The van der Waals surface area contributed by atoms with E-state index in [4.69, 9.17) is 0 Å². The van der Waals surface area contributed by atoms with E-state index >= 15 is 0 Å². The summed E-state index contributed by atoms with van der Waals surface area (Å²) in [6.07, 6.45) is 12.6. The summed E-state index contributed by atoms with van der Waals surface area (Å²) in [5.74, 6) is 2.77. The normalized spacial score (nSPS) is 35.4. The van der Waals surface area contributed by atoms with Gasteiger partial charge in [-0.25, -0.2) is 0 Å². The molecule has 0 heterocycles. The molecule has 0 aliphatic heterocycles. The lowest BCUT2D eigenvalue weighted by Gasteiger charge is -2.62. The van der Waals surface area contributed by atoms with E-state index < -0.39 is 5.60 Å². The summed E-state index contributed by atoms with van der Waals surface area (Å²) in [5, 5.41) is 12.0. The van der Waals surface area contributed by atoms with E-state index in [-0.39, 0.29) is 5.41 Å². The van der Waals surface area contributed by atoms with E-state index in [1.165, 1.54) is 38.5 Å². The summed E-state index contributed by atoms with van der Waals surface area (Å²) in [7, 11) is 8.59. The monoisotopic (exact) mass is 336 g/mol. The average Bonchev–Trinajstić information content (AvgIpc) is 2.44. The lowest BCUT2D eigenvalue weighted by atomic mass is 9.44. The summed E-state index contributed by atoms with van der Waals surface area (Å²) >= 11 is 0. The molecule has 0 saturated heterocycles. The van der Waals surface area contributed by atoms with Crippen LogP contribution in [0.2, 0.25) is 0 Å². The van der Waals surface area contributed by atoms with Crippen molar-refractivity contribution in [1.82, 2.24) is 9.80 Å². The van der Waals surface area contributed by atoms with Crippen molar-refractivity contribution in [3.05, 3.63) is 0 Å². The fraction of sp³-hybridized carbons (Fsp3) is 1.00. The highest BCUT2D eigenvalue weighted by atomic mass is 16.3. The third kappa shape index (κ3) is 3.83. The van der Waals surface area contributed by atoms with Gasteiger partial charge in [0.1, 0.15) is 0 Å². The second kappa shape index (κ2) is 7.25. The molecular formula is C21H40N2O. The zero-order valence-corrected chi connectivity index (χ0v) is 16.6. The van der Waals surface area contributed by atoms with Crippen molar-refractivity contribution in [3.63, 3.8) is 0 Å². The number of rotatable bonds is 9. The Labute approximate surface area is 149 Å². The van der Waals surface area contributed by atoms with Crippen molar-refractivity contribution >= 4 is 0 Å². The molecule has 4 aliphatic carbocycles. The predicted molar refractivity (Wildman–Crippen MR) is 101 cm³/mol. The first-order valence-corrected chi connectivity index (χ1v) is 10.3. The first kappa shape index (κ1) is 18.7. The van der Waals surface area contributed by atoms with E-state index in [2.05, 4.69) is 38.0 Å². The highest BCUT2D eigenvalue weighted by Crippen LogP contribution is 2.65. The van der Waals surface area contributed by atoms with Crippen LogP contribution in [-0.2, 0) is 0 Å². The average molecular weight is 337 g/mol. The van der Waals surface area contributed by atoms with Gasteiger partial charge in [-0.3, -0.25) is 0 Å². The van der Waals surface area contributed by atoms with Gasteiger partial charge in [0.25, 0.3) is 0 Å². The standard InChI is InChI=1S/C21H40N2O/c1-22(2)9-5-7-21(24,8-6-10-23(3)4)20-14-17-11-18(15-20)13-19(12-17)16-20/h17-19,24H,5-16H2,1-4H3. The maximum Gasteiger partial charge on any atom is 0.0705 e. The molecule has 4 fully saturated rings. The Morgan fingerprint density at radius 2 is 1.17 bits per heavy atom. The van der Waals surface area contributed by atoms with E-state index in [9.17, 15) is 5.11 Å². The van der Waals surface area contributed by atoms with E-state index in [0.29, 0.717) is 0 Å². The van der Waals surface area contributed by atoms with Crippen LogP contribution in [0.4, 0.5) is 0 Å². The summed E-state index contributed by atoms with van der Waals surface area (Å²) in [6, 6.07) is 0. The van der Waals surface area contributed by atoms with Crippen LogP contribution < -0.4 is 0 Å². The Morgan fingerprint density at radius 3 is 1.50 bits per heavy atom. The molecular weight excluding hydrogens is 296 g/mol. The minimum Gasteiger partial charge on any atom is -0.389 e. The van der Waals surface area contributed by atoms with E-state index in [0.717, 1.165) is 56.5 Å². The summed E-state index contributed by atoms with van der Waals surface area (Å²) in [6.45, 7) is 2.20. The lowest BCUT2D eigenvalue weighted by Crippen LogP contribution is -2.58. The molecule has 4 bridgehead atoms. The van der Waals surface area contributed by atoms with Gasteiger partial charge in [-0.2, -0.15) is 0 Å². The first-order chi connectivity index (χ1) is 11.3. The second-order valence-electron chi connectivity index (χ2n) is 10.0. The summed E-state index contributed by atoms with van der Waals surface area (Å²) in [5.41, 5.74) is -0.171. The topological polar surface area (TPSA) is 26.7 Å². The van der Waals surface area contributed by atoms with E-state index in [1.807, 2.05) is 0 Å². The fourth-order valence-electron chi connectivity index (χ4n) is 6.71. The largest absolute Gasteiger partial charge is 0.389 e. The molecule has 0 atom stereocenters. The van der Waals surface area contributed by atoms with Gasteiger partial charge in [0, 0.05) is 0 Å². The molecule has 0 amide bonds. The third-order valence-electron chi connectivity index (χ3n) is 7.42. The van der Waals surface area contributed by atoms with Crippen LogP contribution in [0.3, 0.4) is 0 Å². The van der Waals surface area contributed by atoms with Crippen molar-refractivity contribution in [1.29, 1.82) is 0 Å².